The van der Waals surface area contributed by atoms with E-state index in [9.17, 15) is 4.79 Å². The highest BCUT2D eigenvalue weighted by atomic mass is 32.1. The molecule has 2 nitrogen and oxygen atoms in total. The van der Waals surface area contributed by atoms with Gasteiger partial charge in [-0.25, -0.2) is 0 Å². The summed E-state index contributed by atoms with van der Waals surface area (Å²) in [6.45, 7) is 0. The van der Waals surface area contributed by atoms with Crippen molar-refractivity contribution in [3.8, 4) is 0 Å². The number of allylic oxidation sites excluding steroid dienone is 1. The van der Waals surface area contributed by atoms with Crippen molar-refractivity contribution < 1.29 is 0 Å². The maximum absolute atomic E-state index is 11.5. The van der Waals surface area contributed by atoms with Crippen molar-refractivity contribution in [2.75, 3.05) is 5.75 Å². The van der Waals surface area contributed by atoms with Crippen LogP contribution in [0.4, 0.5) is 0 Å². The number of pyridine rings is 1. The fourth-order valence-corrected chi connectivity index (χ4v) is 1.74. The van der Waals surface area contributed by atoms with E-state index >= 15 is 0 Å². The molecule has 0 saturated heterocycles. The highest BCUT2D eigenvalue weighted by Gasteiger charge is 1.97. The third kappa shape index (κ3) is 2.36. The minimum atomic E-state index is 0.0552. The molecule has 1 heterocycles. The number of aromatic nitrogens is 1. The van der Waals surface area contributed by atoms with E-state index in [2.05, 4.69) is 23.7 Å². The van der Waals surface area contributed by atoms with Crippen molar-refractivity contribution in [2.45, 2.75) is 6.42 Å². The first-order valence-corrected chi connectivity index (χ1v) is 5.83. The lowest BCUT2D eigenvalue weighted by Crippen LogP contribution is -1.99. The number of aromatic amines is 1. The summed E-state index contributed by atoms with van der Waals surface area (Å²) >= 11 is 4.14. The second-order valence-corrected chi connectivity index (χ2v) is 4.01. The third-order valence-electron chi connectivity index (χ3n) is 2.39. The molecule has 0 bridgehead atoms. The lowest BCUT2D eigenvalue weighted by atomic mass is 10.1. The number of fused-ring (bicyclic) bond motifs is 1. The Morgan fingerprint density at radius 2 is 2.19 bits per heavy atom. The zero-order valence-electron chi connectivity index (χ0n) is 8.81. The lowest BCUT2D eigenvalue weighted by Gasteiger charge is -1.98. The Morgan fingerprint density at radius 1 is 1.31 bits per heavy atom. The van der Waals surface area contributed by atoms with E-state index in [0.717, 1.165) is 28.6 Å². The van der Waals surface area contributed by atoms with Crippen molar-refractivity contribution in [3.05, 3.63) is 52.3 Å². The minimum absolute atomic E-state index is 0.0552. The monoisotopic (exact) mass is 231 g/mol. The predicted octanol–water partition coefficient (Wildman–Crippen LogP) is 2.86. The van der Waals surface area contributed by atoms with Gasteiger partial charge in [0.15, 0.2) is 5.43 Å². The van der Waals surface area contributed by atoms with Gasteiger partial charge >= 0.3 is 0 Å². The van der Waals surface area contributed by atoms with Gasteiger partial charge < -0.3 is 4.98 Å². The molecule has 0 fully saturated rings. The molecule has 0 aliphatic heterocycles. The average molecular weight is 231 g/mol. The molecule has 1 N–H and O–H groups in total. The third-order valence-corrected chi connectivity index (χ3v) is 2.65. The maximum atomic E-state index is 11.5. The molecule has 1 aromatic carbocycles. The molecule has 0 atom stereocenters. The summed E-state index contributed by atoms with van der Waals surface area (Å²) in [6.07, 6.45) is 6.74. The number of nitrogens with one attached hydrogen (secondary N) is 1. The summed E-state index contributed by atoms with van der Waals surface area (Å²) in [5, 5.41) is 0.730. The van der Waals surface area contributed by atoms with Crippen LogP contribution in [0.3, 0.4) is 0 Å². The lowest BCUT2D eigenvalue weighted by molar-refractivity contribution is 1.26. The molecule has 2 aromatic rings. The number of H-pyrrole nitrogens is 1. The van der Waals surface area contributed by atoms with Crippen molar-refractivity contribution in [2.24, 2.45) is 0 Å². The molecule has 0 aliphatic carbocycles. The Bertz CT molecular complexity index is 571. The van der Waals surface area contributed by atoms with Crippen LogP contribution in [0.2, 0.25) is 0 Å². The van der Waals surface area contributed by atoms with E-state index in [0.29, 0.717) is 0 Å². The number of benzene rings is 1. The molecule has 2 rings (SSSR count). The van der Waals surface area contributed by atoms with Crippen molar-refractivity contribution in [1.82, 2.24) is 4.98 Å². The van der Waals surface area contributed by atoms with E-state index in [-0.39, 0.29) is 5.43 Å². The fraction of sp³-hybridized carbons (Fsp3) is 0.154. The Kier molecular flexibility index (Phi) is 3.47. The Labute approximate surface area is 99.4 Å². The SMILES string of the molecule is O=c1cc[nH]c2cc(C=CCCS)ccc12. The largest absolute Gasteiger partial charge is 0.361 e. The first-order valence-electron chi connectivity index (χ1n) is 5.20. The van der Waals surface area contributed by atoms with E-state index < -0.39 is 0 Å². The zero-order chi connectivity index (χ0) is 11.4. The summed E-state index contributed by atoms with van der Waals surface area (Å²) in [7, 11) is 0. The van der Waals surface area contributed by atoms with E-state index in [4.69, 9.17) is 0 Å². The molecule has 3 heteroatoms. The summed E-state index contributed by atoms with van der Waals surface area (Å²) in [5.41, 5.74) is 2.02. The van der Waals surface area contributed by atoms with Gasteiger partial charge in [-0.3, -0.25) is 4.79 Å². The number of hydrogen-bond acceptors (Lipinski definition) is 2. The van der Waals surface area contributed by atoms with Crippen molar-refractivity contribution in [3.63, 3.8) is 0 Å². The van der Waals surface area contributed by atoms with Gasteiger partial charge in [0.05, 0.1) is 0 Å². The molecule has 1 aromatic heterocycles. The minimum Gasteiger partial charge on any atom is -0.361 e. The highest BCUT2D eigenvalue weighted by Crippen LogP contribution is 2.11. The number of rotatable bonds is 3. The van der Waals surface area contributed by atoms with Crippen LogP contribution >= 0.6 is 12.6 Å². The normalized spacial score (nSPS) is 11.3. The Morgan fingerprint density at radius 3 is 3.00 bits per heavy atom. The van der Waals surface area contributed by atoms with Crippen LogP contribution in [0, 0.1) is 0 Å². The maximum Gasteiger partial charge on any atom is 0.189 e. The highest BCUT2D eigenvalue weighted by molar-refractivity contribution is 7.80. The van der Waals surface area contributed by atoms with Gasteiger partial charge in [-0.2, -0.15) is 12.6 Å². The van der Waals surface area contributed by atoms with Gasteiger partial charge in [-0.05, 0) is 29.9 Å². The second-order valence-electron chi connectivity index (χ2n) is 3.56. The van der Waals surface area contributed by atoms with Gasteiger partial charge in [0.1, 0.15) is 0 Å². The van der Waals surface area contributed by atoms with Crippen LogP contribution in [0.1, 0.15) is 12.0 Å². The van der Waals surface area contributed by atoms with Crippen LogP contribution < -0.4 is 5.43 Å². The van der Waals surface area contributed by atoms with Crippen LogP contribution in [0.25, 0.3) is 17.0 Å². The van der Waals surface area contributed by atoms with E-state index in [1.54, 1.807) is 12.3 Å². The molecular formula is C13H13NOS. The van der Waals surface area contributed by atoms with Crippen LogP contribution in [0.15, 0.2) is 41.3 Å². The molecule has 16 heavy (non-hydrogen) atoms. The quantitative estimate of drug-likeness (QED) is 0.782. The second kappa shape index (κ2) is 5.03. The van der Waals surface area contributed by atoms with Gasteiger partial charge in [-0.1, -0.05) is 18.2 Å². The zero-order valence-corrected chi connectivity index (χ0v) is 9.71. The van der Waals surface area contributed by atoms with Crippen molar-refractivity contribution >= 4 is 29.6 Å². The standard InChI is InChI=1S/C13H13NOS/c15-13-6-7-14-12-9-10(3-1-2-8-16)4-5-11(12)13/h1,3-7,9,16H,2,8H2,(H,14,15). The van der Waals surface area contributed by atoms with Gasteiger partial charge in [0.2, 0.25) is 0 Å². The molecular weight excluding hydrogens is 218 g/mol. The summed E-state index contributed by atoms with van der Waals surface area (Å²) < 4.78 is 0. The van der Waals surface area contributed by atoms with E-state index in [1.165, 1.54) is 0 Å². The van der Waals surface area contributed by atoms with Gasteiger partial charge in [0.25, 0.3) is 0 Å². The van der Waals surface area contributed by atoms with Crippen LogP contribution in [0.5, 0.6) is 0 Å². The molecule has 0 spiro atoms. The first kappa shape index (κ1) is 11.0. The smallest absolute Gasteiger partial charge is 0.189 e. The molecule has 0 saturated carbocycles. The molecule has 0 unspecified atom stereocenters. The first-order chi connectivity index (χ1) is 7.81. The molecule has 0 radical (unpaired) electrons. The molecule has 0 amide bonds. The topological polar surface area (TPSA) is 32.9 Å². The Balaban J connectivity index is 2.41. The van der Waals surface area contributed by atoms with Crippen LogP contribution in [-0.2, 0) is 0 Å². The Hall–Kier alpha value is -1.48. The molecule has 82 valence electrons. The van der Waals surface area contributed by atoms with Gasteiger partial charge in [-0.15, -0.1) is 0 Å². The number of thiol groups is 1. The summed E-state index contributed by atoms with van der Waals surface area (Å²) in [4.78, 5) is 14.6. The predicted molar refractivity (Wildman–Crippen MR) is 72.1 cm³/mol. The van der Waals surface area contributed by atoms with E-state index in [1.807, 2.05) is 24.3 Å². The summed E-state index contributed by atoms with van der Waals surface area (Å²) in [6, 6.07) is 7.33. The number of hydrogen-bond donors (Lipinski definition) is 2. The van der Waals surface area contributed by atoms with Gasteiger partial charge in [0, 0.05) is 23.2 Å². The molecule has 0 aliphatic rings. The van der Waals surface area contributed by atoms with Crippen LogP contribution in [-0.4, -0.2) is 10.7 Å². The average Bonchev–Trinajstić information content (AvgIpc) is 2.30. The fourth-order valence-electron chi connectivity index (χ4n) is 1.59. The summed E-state index contributed by atoms with van der Waals surface area (Å²) in [5.74, 6) is 0.848. The van der Waals surface area contributed by atoms with Crippen molar-refractivity contribution in [1.29, 1.82) is 0 Å².